The number of nitrogens with one attached hydrogen (secondary N) is 1. The van der Waals surface area contributed by atoms with E-state index >= 15 is 0 Å². The minimum absolute atomic E-state index is 0.0371. The summed E-state index contributed by atoms with van der Waals surface area (Å²) in [4.78, 5) is 52.1. The molecule has 1 fully saturated rings. The van der Waals surface area contributed by atoms with E-state index in [2.05, 4.69) is 35.8 Å². The highest BCUT2D eigenvalue weighted by atomic mass is 32.2. The largest absolute Gasteiger partial charge is 0.477 e. The van der Waals surface area contributed by atoms with Crippen molar-refractivity contribution in [2.24, 2.45) is 5.16 Å². The second kappa shape index (κ2) is 11.6. The van der Waals surface area contributed by atoms with Gasteiger partial charge in [-0.3, -0.25) is 14.5 Å². The molecule has 2 atom stereocenters. The van der Waals surface area contributed by atoms with Gasteiger partial charge in [-0.1, -0.05) is 34.8 Å². The van der Waals surface area contributed by atoms with Gasteiger partial charge in [-0.2, -0.15) is 13.7 Å². The van der Waals surface area contributed by atoms with Gasteiger partial charge in [0.15, 0.2) is 9.47 Å². The Bertz CT molecular complexity index is 1260. The fourth-order valence-electron chi connectivity index (χ4n) is 3.21. The standard InChI is InChI=1S/C18H18N8O5S5/c1-3-4-32-17-22-18(36-25-17)34-6-7-5-33-14-9(13(28)26(14)10(7)15(29)30)20-12(27)8(23-31-2)11-21-16(19)35-24-11/h3,9,14H,1,4-6H2,2H3,(H,20,27)(H,29,30)(H2,19,21,24)/t9?,14-/m0/s1. The predicted molar refractivity (Wildman–Crippen MR) is 139 cm³/mol. The Morgan fingerprint density at radius 3 is 2.83 bits per heavy atom. The molecule has 2 aliphatic heterocycles. The van der Waals surface area contributed by atoms with Crippen LogP contribution in [-0.2, 0) is 19.2 Å². The highest BCUT2D eigenvalue weighted by Gasteiger charge is 2.54. The number of thioether (sulfide) groups is 3. The van der Waals surface area contributed by atoms with Gasteiger partial charge in [0.25, 0.3) is 11.8 Å². The molecule has 190 valence electrons. The Labute approximate surface area is 225 Å². The number of hydrogen-bond donors (Lipinski definition) is 3. The molecule has 2 aromatic rings. The zero-order valence-electron chi connectivity index (χ0n) is 18.4. The van der Waals surface area contributed by atoms with E-state index in [0.29, 0.717) is 32.3 Å². The van der Waals surface area contributed by atoms with Crippen LogP contribution in [0.4, 0.5) is 5.13 Å². The second-order valence-corrected chi connectivity index (χ2v) is 11.8. The molecular formula is C18H18N8O5S5. The maximum absolute atomic E-state index is 12.9. The molecule has 13 nitrogen and oxygen atoms in total. The van der Waals surface area contributed by atoms with Gasteiger partial charge >= 0.3 is 5.97 Å². The van der Waals surface area contributed by atoms with E-state index in [4.69, 9.17) is 10.6 Å². The number of nitrogens with two attached hydrogens (primary N) is 1. The van der Waals surface area contributed by atoms with Crippen LogP contribution in [0, 0.1) is 0 Å². The number of carboxylic acid groups (broad SMARTS) is 1. The van der Waals surface area contributed by atoms with E-state index in [1.807, 2.05) is 0 Å². The van der Waals surface area contributed by atoms with Crippen molar-refractivity contribution < 1.29 is 24.3 Å². The van der Waals surface area contributed by atoms with Crippen molar-refractivity contribution in [1.82, 2.24) is 28.9 Å². The summed E-state index contributed by atoms with van der Waals surface area (Å²) in [5, 5.41) is 16.3. The van der Waals surface area contributed by atoms with Crippen LogP contribution in [-0.4, -0.2) is 88.0 Å². The summed E-state index contributed by atoms with van der Waals surface area (Å²) >= 11 is 6.29. The van der Waals surface area contributed by atoms with Crippen LogP contribution < -0.4 is 11.1 Å². The Kier molecular flexibility index (Phi) is 8.50. The molecule has 2 aromatic heterocycles. The van der Waals surface area contributed by atoms with Crippen molar-refractivity contribution in [2.75, 3.05) is 30.1 Å². The number of carbonyl (C=O) groups excluding carboxylic acids is 2. The third kappa shape index (κ3) is 5.51. The van der Waals surface area contributed by atoms with Gasteiger partial charge in [0.2, 0.25) is 16.7 Å². The summed E-state index contributed by atoms with van der Waals surface area (Å²) in [7, 11) is 1.25. The number of aromatic nitrogens is 4. The van der Waals surface area contributed by atoms with Crippen LogP contribution in [0.2, 0.25) is 0 Å². The number of nitrogens with zero attached hydrogens (tertiary/aromatic N) is 6. The first-order valence-corrected chi connectivity index (χ1v) is 14.5. The number of hydrogen-bond acceptors (Lipinski definition) is 15. The number of β-lactam (4-membered cyclic amide) rings is 1. The van der Waals surface area contributed by atoms with Crippen LogP contribution in [0.5, 0.6) is 0 Å². The second-order valence-electron chi connectivity index (χ2n) is 6.93. The number of anilines is 1. The lowest BCUT2D eigenvalue weighted by atomic mass is 10.0. The first-order valence-electron chi connectivity index (χ1n) is 9.95. The molecule has 0 saturated carbocycles. The van der Waals surface area contributed by atoms with Gasteiger partial charge in [0.05, 0.1) is 0 Å². The molecule has 36 heavy (non-hydrogen) atoms. The highest BCUT2D eigenvalue weighted by Crippen LogP contribution is 2.41. The van der Waals surface area contributed by atoms with Crippen molar-refractivity contribution in [3.8, 4) is 0 Å². The van der Waals surface area contributed by atoms with Gasteiger partial charge in [-0.25, -0.2) is 9.78 Å². The zero-order valence-corrected chi connectivity index (χ0v) is 22.5. The van der Waals surface area contributed by atoms with Crippen LogP contribution in [0.15, 0.2) is 38.6 Å². The minimum atomic E-state index is -1.21. The molecule has 1 saturated heterocycles. The Balaban J connectivity index is 1.45. The SMILES string of the molecule is C=CCSc1nsc(SCC2=C(C(=O)O)N3C(=O)C(NC(=O)C(=NOC)c4nsc(N)n4)[C@@H]3SC2)n1. The molecule has 0 aliphatic carbocycles. The molecule has 1 unspecified atom stereocenters. The molecule has 4 rings (SSSR count). The number of fused-ring (bicyclic) bond motifs is 1. The van der Waals surface area contributed by atoms with Gasteiger partial charge in [-0.05, 0) is 17.1 Å². The Morgan fingerprint density at radius 2 is 2.17 bits per heavy atom. The molecule has 0 spiro atoms. The first kappa shape index (κ1) is 26.4. The predicted octanol–water partition coefficient (Wildman–Crippen LogP) is 1.13. The summed E-state index contributed by atoms with van der Waals surface area (Å²) in [5.41, 5.74) is 5.85. The van der Waals surface area contributed by atoms with E-state index < -0.39 is 29.2 Å². The molecule has 0 radical (unpaired) electrons. The van der Waals surface area contributed by atoms with E-state index in [0.717, 1.165) is 11.5 Å². The number of nitrogen functional groups attached to an aromatic ring is 1. The van der Waals surface area contributed by atoms with Gasteiger partial charge in [0.1, 0.15) is 24.2 Å². The lowest BCUT2D eigenvalue weighted by molar-refractivity contribution is -0.150. The molecule has 0 bridgehead atoms. The van der Waals surface area contributed by atoms with Crippen molar-refractivity contribution in [3.63, 3.8) is 0 Å². The van der Waals surface area contributed by atoms with E-state index in [1.165, 1.54) is 58.8 Å². The van der Waals surface area contributed by atoms with Crippen molar-refractivity contribution in [3.05, 3.63) is 29.7 Å². The van der Waals surface area contributed by atoms with E-state index in [1.54, 1.807) is 6.08 Å². The topological polar surface area (TPSA) is 186 Å². The number of carboxylic acids is 1. The number of amides is 2. The number of aliphatic carboxylic acids is 1. The Morgan fingerprint density at radius 1 is 1.36 bits per heavy atom. The van der Waals surface area contributed by atoms with Crippen molar-refractivity contribution in [1.29, 1.82) is 0 Å². The number of oxime groups is 1. The smallest absolute Gasteiger partial charge is 0.352 e. The normalized spacial score (nSPS) is 19.5. The fourth-order valence-corrected chi connectivity index (χ4v) is 7.49. The average Bonchev–Trinajstić information content (AvgIpc) is 3.50. The third-order valence-corrected chi connectivity index (χ3v) is 9.44. The third-order valence-electron chi connectivity index (χ3n) is 4.68. The highest BCUT2D eigenvalue weighted by molar-refractivity contribution is 8.02. The average molecular weight is 587 g/mol. The van der Waals surface area contributed by atoms with Crippen molar-refractivity contribution in [2.45, 2.75) is 20.9 Å². The monoisotopic (exact) mass is 586 g/mol. The molecule has 4 N–H and O–H groups in total. The summed E-state index contributed by atoms with van der Waals surface area (Å²) in [6.45, 7) is 3.66. The summed E-state index contributed by atoms with van der Waals surface area (Å²) in [6, 6.07) is -0.948. The molecule has 4 heterocycles. The molecule has 18 heteroatoms. The summed E-state index contributed by atoms with van der Waals surface area (Å²) in [6.07, 6.45) is 1.76. The molecular weight excluding hydrogens is 569 g/mol. The Hall–Kier alpha value is -2.67. The molecule has 2 amide bonds. The van der Waals surface area contributed by atoms with Gasteiger partial charge in [-0.15, -0.1) is 18.3 Å². The lowest BCUT2D eigenvalue weighted by Gasteiger charge is -2.49. The van der Waals surface area contributed by atoms with E-state index in [9.17, 15) is 19.5 Å². The van der Waals surface area contributed by atoms with E-state index in [-0.39, 0.29) is 22.4 Å². The van der Waals surface area contributed by atoms with Gasteiger partial charge in [0, 0.05) is 28.8 Å². The summed E-state index contributed by atoms with van der Waals surface area (Å²) in [5.74, 6) is -1.13. The van der Waals surface area contributed by atoms with Crippen molar-refractivity contribution >= 4 is 87.0 Å². The van der Waals surface area contributed by atoms with Crippen LogP contribution in [0.25, 0.3) is 0 Å². The quantitative estimate of drug-likeness (QED) is 0.112. The maximum atomic E-state index is 12.9. The first-order chi connectivity index (χ1) is 17.3. The maximum Gasteiger partial charge on any atom is 0.352 e. The zero-order chi connectivity index (χ0) is 25.8. The summed E-state index contributed by atoms with van der Waals surface area (Å²) < 4.78 is 8.91. The van der Waals surface area contributed by atoms with Crippen LogP contribution in [0.3, 0.4) is 0 Å². The number of carbonyl (C=O) groups is 3. The van der Waals surface area contributed by atoms with Gasteiger partial charge < -0.3 is 21.0 Å². The fraction of sp³-hybridized carbons (Fsp3) is 0.333. The number of rotatable bonds is 11. The minimum Gasteiger partial charge on any atom is -0.477 e. The van der Waals surface area contributed by atoms with Crippen LogP contribution >= 0.6 is 58.4 Å². The molecule has 0 aromatic carbocycles. The lowest BCUT2D eigenvalue weighted by Crippen LogP contribution is -2.71. The van der Waals surface area contributed by atoms with Crippen LogP contribution in [0.1, 0.15) is 5.82 Å². The molecule has 2 aliphatic rings.